The molecule has 1 unspecified atom stereocenters. The first-order chi connectivity index (χ1) is 15.3. The van der Waals surface area contributed by atoms with E-state index >= 15 is 0 Å². The summed E-state index contributed by atoms with van der Waals surface area (Å²) in [4.78, 5) is 4.29. The largest absolute Gasteiger partial charge is 0.480 e. The van der Waals surface area contributed by atoms with Gasteiger partial charge in [-0.25, -0.2) is 14.3 Å². The van der Waals surface area contributed by atoms with Crippen molar-refractivity contribution in [2.45, 2.75) is 38.3 Å². The van der Waals surface area contributed by atoms with Crippen molar-refractivity contribution in [3.8, 4) is 28.9 Å². The Balaban J connectivity index is 1.58. The minimum absolute atomic E-state index is 0.0181. The Morgan fingerprint density at radius 2 is 2.10 bits per heavy atom. The topological polar surface area (TPSA) is 100 Å². The van der Waals surface area contributed by atoms with E-state index in [0.717, 1.165) is 66.9 Å². The van der Waals surface area contributed by atoms with E-state index in [0.29, 0.717) is 24.7 Å². The van der Waals surface area contributed by atoms with Gasteiger partial charge in [0.05, 0.1) is 49.8 Å². The molecule has 2 aliphatic rings. The summed E-state index contributed by atoms with van der Waals surface area (Å²) in [5.41, 5.74) is 5.16. The number of nitriles is 1. The van der Waals surface area contributed by atoms with Crippen molar-refractivity contribution in [2.24, 2.45) is 0 Å². The van der Waals surface area contributed by atoms with Crippen LogP contribution in [0.3, 0.4) is 0 Å². The average Bonchev–Trinajstić information content (AvgIpc) is 3.37. The lowest BCUT2D eigenvalue weighted by atomic mass is 10.0. The fourth-order valence-electron chi connectivity index (χ4n) is 4.25. The molecule has 9 heteroatoms. The first kappa shape index (κ1) is 19.7. The molecule has 5 heterocycles. The first-order valence-electron chi connectivity index (χ1n) is 10.6. The van der Waals surface area contributed by atoms with Crippen LogP contribution in [0.25, 0.3) is 16.9 Å². The lowest BCUT2D eigenvalue weighted by Crippen LogP contribution is -2.18. The summed E-state index contributed by atoms with van der Waals surface area (Å²) < 4.78 is 20.6. The second-order valence-corrected chi connectivity index (χ2v) is 7.69. The summed E-state index contributed by atoms with van der Waals surface area (Å²) in [6.45, 7) is 2.05. The van der Waals surface area contributed by atoms with E-state index in [-0.39, 0.29) is 6.23 Å². The van der Waals surface area contributed by atoms with E-state index in [1.54, 1.807) is 12.3 Å². The van der Waals surface area contributed by atoms with E-state index < -0.39 is 0 Å². The van der Waals surface area contributed by atoms with Crippen LogP contribution in [0.2, 0.25) is 0 Å². The normalized spacial score (nSPS) is 18.8. The summed E-state index contributed by atoms with van der Waals surface area (Å²) in [6, 6.07) is 3.90. The smallest absolute Gasteiger partial charge is 0.231 e. The zero-order valence-electron chi connectivity index (χ0n) is 17.5. The Morgan fingerprint density at radius 1 is 1.19 bits per heavy atom. The van der Waals surface area contributed by atoms with E-state index in [4.69, 9.17) is 19.3 Å². The van der Waals surface area contributed by atoms with Crippen LogP contribution in [0.5, 0.6) is 5.88 Å². The molecule has 31 heavy (non-hydrogen) atoms. The number of hydrogen-bond donors (Lipinski definition) is 0. The number of rotatable bonds is 4. The Kier molecular flexibility index (Phi) is 5.40. The third-order valence-electron chi connectivity index (χ3n) is 5.79. The molecule has 0 bridgehead atoms. The van der Waals surface area contributed by atoms with Gasteiger partial charge in [0, 0.05) is 30.4 Å². The van der Waals surface area contributed by atoms with Gasteiger partial charge in [0.2, 0.25) is 5.88 Å². The molecule has 0 aliphatic carbocycles. The predicted octanol–water partition coefficient (Wildman–Crippen LogP) is 2.83. The molecule has 0 aromatic carbocycles. The van der Waals surface area contributed by atoms with Gasteiger partial charge >= 0.3 is 0 Å². The highest BCUT2D eigenvalue weighted by Gasteiger charge is 2.24. The maximum Gasteiger partial charge on any atom is 0.231 e. The SMILES string of the molecule is COc1ncc(-n2nc(-c3cnn(C4CCCCO4)c3)c3c2CCOCC3)cc1C#N. The van der Waals surface area contributed by atoms with Gasteiger partial charge in [-0.05, 0) is 31.7 Å². The summed E-state index contributed by atoms with van der Waals surface area (Å²) in [5, 5.41) is 19.0. The second-order valence-electron chi connectivity index (χ2n) is 7.69. The molecule has 5 rings (SSSR count). The molecule has 1 atom stereocenters. The Bertz CT molecular complexity index is 1120. The number of methoxy groups -OCH3 is 1. The maximum absolute atomic E-state index is 9.47. The highest BCUT2D eigenvalue weighted by molar-refractivity contribution is 5.64. The van der Waals surface area contributed by atoms with Crippen molar-refractivity contribution in [3.05, 3.63) is 41.5 Å². The fourth-order valence-corrected chi connectivity index (χ4v) is 4.25. The van der Waals surface area contributed by atoms with Gasteiger partial charge < -0.3 is 14.2 Å². The molecule has 0 spiro atoms. The first-order valence-corrected chi connectivity index (χ1v) is 10.6. The van der Waals surface area contributed by atoms with Gasteiger partial charge in [-0.15, -0.1) is 0 Å². The highest BCUT2D eigenvalue weighted by atomic mass is 16.5. The molecule has 0 N–H and O–H groups in total. The Morgan fingerprint density at radius 3 is 2.90 bits per heavy atom. The number of nitrogens with zero attached hydrogens (tertiary/aromatic N) is 6. The van der Waals surface area contributed by atoms with Crippen LogP contribution in [-0.4, -0.2) is 51.5 Å². The van der Waals surface area contributed by atoms with Crippen molar-refractivity contribution >= 4 is 0 Å². The minimum Gasteiger partial charge on any atom is -0.480 e. The Hall–Kier alpha value is -3.22. The predicted molar refractivity (Wildman–Crippen MR) is 111 cm³/mol. The molecule has 3 aromatic heterocycles. The minimum atomic E-state index is -0.0181. The maximum atomic E-state index is 9.47. The van der Waals surface area contributed by atoms with Crippen LogP contribution in [0, 0.1) is 11.3 Å². The summed E-state index contributed by atoms with van der Waals surface area (Å²) in [6.07, 6.45) is 10.2. The van der Waals surface area contributed by atoms with Gasteiger partial charge in [0.25, 0.3) is 0 Å². The van der Waals surface area contributed by atoms with Crippen LogP contribution in [0.4, 0.5) is 0 Å². The molecule has 9 nitrogen and oxygen atoms in total. The molecule has 3 aromatic rings. The molecule has 0 radical (unpaired) electrons. The molecule has 1 saturated heterocycles. The van der Waals surface area contributed by atoms with Crippen molar-refractivity contribution in [2.75, 3.05) is 26.9 Å². The van der Waals surface area contributed by atoms with Crippen LogP contribution < -0.4 is 4.74 Å². The summed E-state index contributed by atoms with van der Waals surface area (Å²) >= 11 is 0. The third-order valence-corrected chi connectivity index (χ3v) is 5.79. The Labute approximate surface area is 180 Å². The van der Waals surface area contributed by atoms with Gasteiger partial charge in [-0.1, -0.05) is 0 Å². The molecule has 2 aliphatic heterocycles. The average molecular weight is 420 g/mol. The van der Waals surface area contributed by atoms with E-state index in [9.17, 15) is 5.26 Å². The molecular weight excluding hydrogens is 396 g/mol. The van der Waals surface area contributed by atoms with Crippen molar-refractivity contribution < 1.29 is 14.2 Å². The van der Waals surface area contributed by atoms with E-state index in [2.05, 4.69) is 16.2 Å². The van der Waals surface area contributed by atoms with Crippen LogP contribution in [0.15, 0.2) is 24.7 Å². The van der Waals surface area contributed by atoms with Gasteiger partial charge in [0.15, 0.2) is 0 Å². The molecule has 1 fully saturated rings. The standard InChI is InChI=1S/C22H24N6O3/c1-29-22-15(11-23)10-17(13-24-22)28-19-6-9-30-8-5-18(19)21(26-28)16-12-25-27(14-16)20-4-2-3-7-31-20/h10,12-14,20H,2-9H2,1H3. The van der Waals surface area contributed by atoms with Crippen LogP contribution in [-0.2, 0) is 22.3 Å². The van der Waals surface area contributed by atoms with Crippen LogP contribution >= 0.6 is 0 Å². The van der Waals surface area contributed by atoms with Crippen molar-refractivity contribution in [1.29, 1.82) is 5.26 Å². The third kappa shape index (κ3) is 3.69. The second kappa shape index (κ2) is 8.49. The number of aromatic nitrogens is 5. The number of pyridine rings is 1. The summed E-state index contributed by atoms with van der Waals surface area (Å²) in [7, 11) is 1.51. The quantitative estimate of drug-likeness (QED) is 0.640. The highest BCUT2D eigenvalue weighted by Crippen LogP contribution is 2.32. The number of hydrogen-bond acceptors (Lipinski definition) is 7. The number of ether oxygens (including phenoxy) is 3. The molecule has 0 amide bonds. The van der Waals surface area contributed by atoms with Crippen molar-refractivity contribution in [1.82, 2.24) is 24.5 Å². The van der Waals surface area contributed by atoms with Gasteiger partial charge in [0.1, 0.15) is 17.9 Å². The van der Waals surface area contributed by atoms with Crippen molar-refractivity contribution in [3.63, 3.8) is 0 Å². The molecular formula is C22H24N6O3. The monoisotopic (exact) mass is 420 g/mol. The van der Waals surface area contributed by atoms with E-state index in [1.165, 1.54) is 7.11 Å². The summed E-state index contributed by atoms with van der Waals surface area (Å²) in [5.74, 6) is 0.307. The molecule has 160 valence electrons. The zero-order chi connectivity index (χ0) is 21.2. The fraction of sp³-hybridized carbons (Fsp3) is 0.455. The van der Waals surface area contributed by atoms with E-state index in [1.807, 2.05) is 21.8 Å². The number of fused-ring (bicyclic) bond motifs is 1. The van der Waals surface area contributed by atoms with Gasteiger partial charge in [-0.3, -0.25) is 0 Å². The molecule has 0 saturated carbocycles. The lowest BCUT2D eigenvalue weighted by molar-refractivity contribution is -0.0394. The van der Waals surface area contributed by atoms with Crippen LogP contribution in [0.1, 0.15) is 42.3 Å². The lowest BCUT2D eigenvalue weighted by Gasteiger charge is -2.22. The zero-order valence-corrected chi connectivity index (χ0v) is 17.5. The van der Waals surface area contributed by atoms with Gasteiger partial charge in [-0.2, -0.15) is 15.5 Å².